The van der Waals surface area contributed by atoms with Crippen LogP contribution in [0.2, 0.25) is 0 Å². The number of benzene rings is 2. The van der Waals surface area contributed by atoms with E-state index in [0.717, 1.165) is 51.4 Å². The van der Waals surface area contributed by atoms with Crippen molar-refractivity contribution in [1.82, 2.24) is 18.7 Å². The van der Waals surface area contributed by atoms with Gasteiger partial charge in [0.2, 0.25) is 0 Å². The largest absolute Gasteiger partial charge is 0.254 e. The Hall–Kier alpha value is -3.52. The molecule has 0 bridgehead atoms. The van der Waals surface area contributed by atoms with Crippen LogP contribution in [0.3, 0.4) is 0 Å². The van der Waals surface area contributed by atoms with Gasteiger partial charge in [0.25, 0.3) is 0 Å². The van der Waals surface area contributed by atoms with E-state index in [1.807, 2.05) is 34.9 Å². The molecule has 0 aliphatic heterocycles. The molecule has 0 unspecified atom stereocenters. The maximum Gasteiger partial charge on any atom is 0.114 e. The quantitative estimate of drug-likeness (QED) is 0.0541. The first-order valence-corrected chi connectivity index (χ1v) is 22.8. The van der Waals surface area contributed by atoms with Gasteiger partial charge in [-0.2, -0.15) is 8.75 Å². The number of fused-ring (bicyclic) bond motifs is 4. The normalized spacial score (nSPS) is 11.8. The van der Waals surface area contributed by atoms with Crippen LogP contribution in [-0.2, 0) is 12.8 Å². The van der Waals surface area contributed by atoms with E-state index in [-0.39, 0.29) is 0 Å². The fourth-order valence-corrected chi connectivity index (χ4v) is 10.4. The first kappa shape index (κ1) is 37.8. The zero-order valence-electron chi connectivity index (χ0n) is 31.7. The number of unbranched alkanes of at least 4 members (excludes halogenated alkanes) is 14. The van der Waals surface area contributed by atoms with Crippen molar-refractivity contribution in [3.63, 3.8) is 0 Å². The van der Waals surface area contributed by atoms with Gasteiger partial charge < -0.3 is 0 Å². The van der Waals surface area contributed by atoms with E-state index in [0.29, 0.717) is 0 Å². The lowest BCUT2D eigenvalue weighted by molar-refractivity contribution is 0.576. The molecule has 7 aromatic rings. The van der Waals surface area contributed by atoms with Crippen LogP contribution in [0.1, 0.15) is 128 Å². The van der Waals surface area contributed by atoms with Crippen LogP contribution in [0.15, 0.2) is 72.2 Å². The van der Waals surface area contributed by atoms with Gasteiger partial charge in [-0.05, 0) is 66.5 Å². The Morgan fingerprint density at radius 3 is 1.85 bits per heavy atom. The number of hydrogen-bond donors (Lipinski definition) is 0. The molecule has 0 spiro atoms. The lowest BCUT2D eigenvalue weighted by atomic mass is 10.0. The third-order valence-corrected chi connectivity index (χ3v) is 13.5. The summed E-state index contributed by atoms with van der Waals surface area (Å²) in [6, 6.07) is 22.3. The molecule has 0 aliphatic rings. The zero-order chi connectivity index (χ0) is 36.2. The molecule has 7 heteroatoms. The highest BCUT2D eigenvalue weighted by atomic mass is 32.1. The third kappa shape index (κ3) is 9.41. The van der Waals surface area contributed by atoms with Crippen LogP contribution in [0.25, 0.3) is 64.3 Å². The Balaban J connectivity index is 1.13. The van der Waals surface area contributed by atoms with Crippen molar-refractivity contribution in [3.8, 4) is 31.5 Å². The molecular weight excluding hydrogens is 705 g/mol. The van der Waals surface area contributed by atoms with Gasteiger partial charge in [-0.25, -0.2) is 4.98 Å². The molecule has 0 saturated heterocycles. The minimum Gasteiger partial charge on any atom is -0.254 e. The second kappa shape index (κ2) is 19.2. The van der Waals surface area contributed by atoms with E-state index >= 15 is 0 Å². The SMILES string of the molecule is CCCCCCCCCCc1csc(-c2ccc(-c3cc(CCCCCCCCCC)c(-c4ccc5ccc6cccnc6c5n4)s3)c3nsnc23)c1. The highest BCUT2D eigenvalue weighted by Crippen LogP contribution is 2.43. The highest BCUT2D eigenvalue weighted by molar-refractivity contribution is 7.19. The van der Waals surface area contributed by atoms with E-state index in [1.54, 1.807) is 0 Å². The van der Waals surface area contributed by atoms with Gasteiger partial charge in [0.05, 0.1) is 33.3 Å². The topological polar surface area (TPSA) is 51.6 Å². The van der Waals surface area contributed by atoms with Gasteiger partial charge in [0, 0.05) is 37.9 Å². The van der Waals surface area contributed by atoms with Crippen molar-refractivity contribution >= 4 is 67.2 Å². The van der Waals surface area contributed by atoms with Gasteiger partial charge in [0.15, 0.2) is 0 Å². The summed E-state index contributed by atoms with van der Waals surface area (Å²) >= 11 is 5.04. The minimum absolute atomic E-state index is 0.966. The molecule has 53 heavy (non-hydrogen) atoms. The van der Waals surface area contributed by atoms with Crippen molar-refractivity contribution in [2.24, 2.45) is 0 Å². The van der Waals surface area contributed by atoms with Crippen LogP contribution in [-0.4, -0.2) is 18.7 Å². The predicted molar refractivity (Wildman–Crippen MR) is 233 cm³/mol. The van der Waals surface area contributed by atoms with Gasteiger partial charge >= 0.3 is 0 Å². The number of aromatic nitrogens is 4. The van der Waals surface area contributed by atoms with Crippen molar-refractivity contribution in [2.45, 2.75) is 129 Å². The standard InChI is InChI=1S/C46H54N4S3/c1-3-5-7-9-11-13-15-17-20-33-30-40(51-32-33)37-26-27-38(45-44(37)49-53-50-45)41-31-36(21-18-16-14-12-10-8-6-4-2)46(52-41)39-28-25-35-24-23-34-22-19-29-47-42(34)43(35)48-39/h19,22-32H,3-18,20-21H2,1-2H3. The van der Waals surface area contributed by atoms with Gasteiger partial charge in [-0.1, -0.05) is 140 Å². The number of aryl methyl sites for hydroxylation is 2. The Labute approximate surface area is 328 Å². The highest BCUT2D eigenvalue weighted by Gasteiger charge is 2.20. The number of hydrogen-bond acceptors (Lipinski definition) is 7. The van der Waals surface area contributed by atoms with E-state index in [1.165, 1.54) is 151 Å². The predicted octanol–water partition coefficient (Wildman–Crippen LogP) is 15.3. The number of rotatable bonds is 21. The molecule has 0 fully saturated rings. The summed E-state index contributed by atoms with van der Waals surface area (Å²) in [5, 5.41) is 4.61. The van der Waals surface area contributed by atoms with E-state index in [4.69, 9.17) is 18.7 Å². The molecule has 0 radical (unpaired) electrons. The molecular formula is C46H54N4S3. The second-order valence-electron chi connectivity index (χ2n) is 14.8. The summed E-state index contributed by atoms with van der Waals surface area (Å²) in [6.07, 6.45) is 25.5. The average Bonchev–Trinajstić information content (AvgIpc) is 3.97. The van der Waals surface area contributed by atoms with Crippen LogP contribution >= 0.6 is 34.4 Å². The summed E-state index contributed by atoms with van der Waals surface area (Å²) in [6.45, 7) is 4.58. The van der Waals surface area contributed by atoms with Crippen molar-refractivity contribution in [1.29, 1.82) is 0 Å². The van der Waals surface area contributed by atoms with Gasteiger partial charge in [-0.3, -0.25) is 4.98 Å². The summed E-state index contributed by atoms with van der Waals surface area (Å²) < 4.78 is 9.78. The Morgan fingerprint density at radius 2 is 1.15 bits per heavy atom. The molecule has 0 saturated carbocycles. The first-order valence-electron chi connectivity index (χ1n) is 20.3. The molecule has 5 aromatic heterocycles. The number of thiophene rings is 2. The van der Waals surface area contributed by atoms with Crippen molar-refractivity contribution in [2.75, 3.05) is 0 Å². The maximum absolute atomic E-state index is 5.31. The molecule has 5 heterocycles. The summed E-state index contributed by atoms with van der Waals surface area (Å²) in [5.74, 6) is 0. The molecule has 276 valence electrons. The Kier molecular flexibility index (Phi) is 13.7. The maximum atomic E-state index is 5.31. The summed E-state index contributed by atoms with van der Waals surface area (Å²) in [4.78, 5) is 13.9. The number of pyridine rings is 2. The van der Waals surface area contributed by atoms with Crippen LogP contribution in [0.4, 0.5) is 0 Å². The van der Waals surface area contributed by atoms with Crippen molar-refractivity contribution < 1.29 is 0 Å². The second-order valence-corrected chi connectivity index (χ2v) is 17.3. The average molecular weight is 759 g/mol. The van der Waals surface area contributed by atoms with E-state index in [9.17, 15) is 0 Å². The van der Waals surface area contributed by atoms with Gasteiger partial charge in [0.1, 0.15) is 11.0 Å². The van der Waals surface area contributed by atoms with Crippen LogP contribution in [0, 0.1) is 0 Å². The molecule has 2 aromatic carbocycles. The fourth-order valence-electron chi connectivity index (χ4n) is 7.64. The summed E-state index contributed by atoms with van der Waals surface area (Å²) in [7, 11) is 0. The van der Waals surface area contributed by atoms with Gasteiger partial charge in [-0.15, -0.1) is 22.7 Å². The smallest absolute Gasteiger partial charge is 0.114 e. The lowest BCUT2D eigenvalue weighted by Gasteiger charge is -2.07. The molecule has 0 amide bonds. The monoisotopic (exact) mass is 758 g/mol. The Morgan fingerprint density at radius 1 is 0.547 bits per heavy atom. The number of nitrogens with zero attached hydrogens (tertiary/aromatic N) is 4. The minimum atomic E-state index is 0.966. The first-order chi connectivity index (χ1) is 26.2. The van der Waals surface area contributed by atoms with E-state index < -0.39 is 0 Å². The lowest BCUT2D eigenvalue weighted by Crippen LogP contribution is -1.91. The third-order valence-electron chi connectivity index (χ3n) is 10.7. The summed E-state index contributed by atoms with van der Waals surface area (Å²) in [5.41, 5.74) is 10.2. The Bertz CT molecular complexity index is 2210. The molecule has 7 rings (SSSR count). The molecule has 4 nitrogen and oxygen atoms in total. The fraction of sp³-hybridized carbons (Fsp3) is 0.435. The molecule has 0 atom stereocenters. The zero-order valence-corrected chi connectivity index (χ0v) is 34.1. The van der Waals surface area contributed by atoms with Crippen molar-refractivity contribution in [3.05, 3.63) is 83.4 Å². The van der Waals surface area contributed by atoms with E-state index in [2.05, 4.69) is 73.8 Å². The molecule has 0 N–H and O–H groups in total. The molecule has 0 aliphatic carbocycles. The van der Waals surface area contributed by atoms with Crippen LogP contribution < -0.4 is 0 Å². The van der Waals surface area contributed by atoms with Crippen LogP contribution in [0.5, 0.6) is 0 Å².